The van der Waals surface area contributed by atoms with Crippen LogP contribution in [0.1, 0.15) is 5.56 Å². The normalized spacial score (nSPS) is 17.1. The minimum atomic E-state index is -4.21. The van der Waals surface area contributed by atoms with Gasteiger partial charge in [0.1, 0.15) is 6.61 Å². The Morgan fingerprint density at radius 3 is 2.44 bits per heavy atom. The first-order valence-corrected chi connectivity index (χ1v) is 5.49. The van der Waals surface area contributed by atoms with Gasteiger partial charge in [-0.1, -0.05) is 12.1 Å². The fourth-order valence-electron chi connectivity index (χ4n) is 1.82. The first-order chi connectivity index (χ1) is 8.46. The minimum Gasteiger partial charge on any atom is -0.370 e. The number of alkyl halides is 3. The van der Waals surface area contributed by atoms with Crippen LogP contribution in [0, 0.1) is 0 Å². The van der Waals surface area contributed by atoms with E-state index >= 15 is 0 Å². The van der Waals surface area contributed by atoms with Gasteiger partial charge in [0.25, 0.3) is 5.91 Å². The van der Waals surface area contributed by atoms with Crippen LogP contribution >= 0.6 is 0 Å². The molecule has 0 spiro atoms. The third kappa shape index (κ3) is 3.22. The summed E-state index contributed by atoms with van der Waals surface area (Å²) in [6.45, 7) is 0.887. The molecule has 1 heterocycles. The molecule has 3 nitrogen and oxygen atoms in total. The first-order valence-electron chi connectivity index (χ1n) is 5.49. The average Bonchev–Trinajstić information content (AvgIpc) is 2.29. The number of rotatable bonds is 2. The van der Waals surface area contributed by atoms with Crippen LogP contribution in [0.2, 0.25) is 0 Å². The Labute approximate surface area is 102 Å². The van der Waals surface area contributed by atoms with Crippen LogP contribution in [0.4, 0.5) is 18.9 Å². The molecule has 98 valence electrons. The average molecular weight is 259 g/mol. The van der Waals surface area contributed by atoms with Gasteiger partial charge in [0.2, 0.25) is 0 Å². The number of anilines is 1. The van der Waals surface area contributed by atoms with Gasteiger partial charge in [-0.2, -0.15) is 13.2 Å². The molecule has 1 fully saturated rings. The summed E-state index contributed by atoms with van der Waals surface area (Å²) in [4.78, 5) is 13.0. The van der Waals surface area contributed by atoms with Gasteiger partial charge in [-0.3, -0.25) is 4.79 Å². The van der Waals surface area contributed by atoms with Crippen molar-refractivity contribution < 1.29 is 22.7 Å². The van der Waals surface area contributed by atoms with Crippen LogP contribution in [-0.4, -0.2) is 31.8 Å². The van der Waals surface area contributed by atoms with E-state index in [4.69, 9.17) is 4.74 Å². The summed E-state index contributed by atoms with van der Waals surface area (Å²) in [7, 11) is 0. The summed E-state index contributed by atoms with van der Waals surface area (Å²) in [5.41, 5.74) is 0.793. The van der Waals surface area contributed by atoms with E-state index in [0.29, 0.717) is 18.8 Å². The Kier molecular flexibility index (Phi) is 3.56. The number of amides is 1. The molecule has 0 aromatic heterocycles. The maximum Gasteiger partial charge on any atom is 0.393 e. The second-order valence-electron chi connectivity index (χ2n) is 4.06. The number of ether oxygens (including phenoxy) is 1. The highest BCUT2D eigenvalue weighted by Gasteiger charge is 2.27. The van der Waals surface area contributed by atoms with Crippen molar-refractivity contribution in [3.63, 3.8) is 0 Å². The maximum absolute atomic E-state index is 12.2. The number of halogens is 3. The zero-order chi connectivity index (χ0) is 13.2. The van der Waals surface area contributed by atoms with Crippen molar-refractivity contribution in [2.75, 3.05) is 24.7 Å². The number of carbonyl (C=O) groups is 1. The number of hydrogen-bond donors (Lipinski definition) is 0. The standard InChI is InChI=1S/C12H12F3NO2/c13-12(14,15)7-9-1-3-10(4-2-9)16-5-6-18-8-11(16)17/h1-4H,5-8H2. The monoisotopic (exact) mass is 259 g/mol. The number of hydrogen-bond acceptors (Lipinski definition) is 2. The summed E-state index contributed by atoms with van der Waals surface area (Å²) < 4.78 is 41.5. The predicted molar refractivity (Wildman–Crippen MR) is 59.4 cm³/mol. The number of benzene rings is 1. The second-order valence-corrected chi connectivity index (χ2v) is 4.06. The Morgan fingerprint density at radius 1 is 1.22 bits per heavy atom. The highest BCUT2D eigenvalue weighted by molar-refractivity contribution is 5.94. The maximum atomic E-state index is 12.2. The van der Waals surface area contributed by atoms with Crippen molar-refractivity contribution in [2.24, 2.45) is 0 Å². The van der Waals surface area contributed by atoms with Crippen LogP contribution in [0.15, 0.2) is 24.3 Å². The molecule has 2 rings (SSSR count). The molecule has 1 aliphatic rings. The molecule has 0 atom stereocenters. The lowest BCUT2D eigenvalue weighted by Crippen LogP contribution is -2.41. The lowest BCUT2D eigenvalue weighted by molar-refractivity contribution is -0.127. The lowest BCUT2D eigenvalue weighted by atomic mass is 10.1. The van der Waals surface area contributed by atoms with Crippen molar-refractivity contribution in [1.29, 1.82) is 0 Å². The Hall–Kier alpha value is -1.56. The summed E-state index contributed by atoms with van der Waals surface area (Å²) in [5.74, 6) is -0.176. The van der Waals surface area contributed by atoms with Gasteiger partial charge in [-0.15, -0.1) is 0 Å². The SMILES string of the molecule is O=C1COCCN1c1ccc(CC(F)(F)F)cc1. The Morgan fingerprint density at radius 2 is 1.89 bits per heavy atom. The van der Waals surface area contributed by atoms with Crippen LogP contribution in [-0.2, 0) is 16.0 Å². The van der Waals surface area contributed by atoms with Crippen molar-refractivity contribution in [1.82, 2.24) is 0 Å². The Balaban J connectivity index is 2.09. The van der Waals surface area contributed by atoms with Gasteiger partial charge >= 0.3 is 6.18 Å². The highest BCUT2D eigenvalue weighted by atomic mass is 19.4. The molecule has 1 aliphatic heterocycles. The first kappa shape index (κ1) is 12.9. The number of nitrogens with zero attached hydrogens (tertiary/aromatic N) is 1. The molecule has 0 unspecified atom stereocenters. The molecule has 1 saturated heterocycles. The molecule has 1 amide bonds. The van der Waals surface area contributed by atoms with Gasteiger partial charge in [0.05, 0.1) is 13.0 Å². The smallest absolute Gasteiger partial charge is 0.370 e. The number of morpholine rings is 1. The van der Waals surface area contributed by atoms with E-state index in [9.17, 15) is 18.0 Å². The van der Waals surface area contributed by atoms with Crippen LogP contribution < -0.4 is 4.90 Å². The summed E-state index contributed by atoms with van der Waals surface area (Å²) in [5, 5.41) is 0. The molecule has 1 aromatic carbocycles. The van der Waals surface area contributed by atoms with Crippen LogP contribution in [0.3, 0.4) is 0 Å². The van der Waals surface area contributed by atoms with E-state index in [0.717, 1.165) is 0 Å². The molecule has 1 aromatic rings. The molecule has 0 bridgehead atoms. The Bertz CT molecular complexity index is 428. The summed E-state index contributed by atoms with van der Waals surface area (Å²) >= 11 is 0. The largest absolute Gasteiger partial charge is 0.393 e. The van der Waals surface area contributed by atoms with E-state index in [1.54, 1.807) is 0 Å². The lowest BCUT2D eigenvalue weighted by Gasteiger charge is -2.26. The topological polar surface area (TPSA) is 29.5 Å². The molecule has 0 N–H and O–H groups in total. The van der Waals surface area contributed by atoms with Crippen molar-refractivity contribution in [3.05, 3.63) is 29.8 Å². The van der Waals surface area contributed by atoms with Gasteiger partial charge in [0.15, 0.2) is 0 Å². The molecular weight excluding hydrogens is 247 g/mol. The predicted octanol–water partition coefficient (Wildman–Crippen LogP) is 2.15. The van der Waals surface area contributed by atoms with E-state index in [1.807, 2.05) is 0 Å². The van der Waals surface area contributed by atoms with Gasteiger partial charge in [-0.05, 0) is 17.7 Å². The molecule has 0 saturated carbocycles. The number of carbonyl (C=O) groups excluding carboxylic acids is 1. The van der Waals surface area contributed by atoms with Crippen LogP contribution in [0.5, 0.6) is 0 Å². The van der Waals surface area contributed by atoms with E-state index < -0.39 is 12.6 Å². The van der Waals surface area contributed by atoms with E-state index in [2.05, 4.69) is 0 Å². The van der Waals surface area contributed by atoms with Crippen molar-refractivity contribution >= 4 is 11.6 Å². The zero-order valence-corrected chi connectivity index (χ0v) is 9.54. The van der Waals surface area contributed by atoms with Crippen molar-refractivity contribution in [2.45, 2.75) is 12.6 Å². The summed E-state index contributed by atoms with van der Waals surface area (Å²) in [6, 6.07) is 5.85. The quantitative estimate of drug-likeness (QED) is 0.814. The molecule has 0 aliphatic carbocycles. The third-order valence-electron chi connectivity index (χ3n) is 2.64. The van der Waals surface area contributed by atoms with Crippen LogP contribution in [0.25, 0.3) is 0 Å². The fourth-order valence-corrected chi connectivity index (χ4v) is 1.82. The van der Waals surface area contributed by atoms with E-state index in [-0.39, 0.29) is 18.1 Å². The molecular formula is C12H12F3NO2. The summed E-state index contributed by atoms with van der Waals surface area (Å²) in [6.07, 6.45) is -5.17. The fraction of sp³-hybridized carbons (Fsp3) is 0.417. The van der Waals surface area contributed by atoms with Gasteiger partial charge in [0, 0.05) is 12.2 Å². The van der Waals surface area contributed by atoms with E-state index in [1.165, 1.54) is 29.2 Å². The molecule has 6 heteroatoms. The molecule has 0 radical (unpaired) electrons. The van der Waals surface area contributed by atoms with Gasteiger partial charge in [-0.25, -0.2) is 0 Å². The minimum absolute atomic E-state index is 0.0182. The second kappa shape index (κ2) is 4.97. The van der Waals surface area contributed by atoms with Crippen molar-refractivity contribution in [3.8, 4) is 0 Å². The van der Waals surface area contributed by atoms with Gasteiger partial charge < -0.3 is 9.64 Å². The molecule has 18 heavy (non-hydrogen) atoms. The third-order valence-corrected chi connectivity index (χ3v) is 2.64. The highest BCUT2D eigenvalue weighted by Crippen LogP contribution is 2.23. The zero-order valence-electron chi connectivity index (χ0n) is 9.54.